The molecule has 2 fully saturated rings. The second kappa shape index (κ2) is 4.32. The highest BCUT2D eigenvalue weighted by Gasteiger charge is 2.53. The van der Waals surface area contributed by atoms with E-state index in [0.717, 1.165) is 24.0 Å². The number of aryl methyl sites for hydroxylation is 1. The van der Waals surface area contributed by atoms with Gasteiger partial charge in [-0.05, 0) is 31.2 Å². The molecule has 0 spiro atoms. The third kappa shape index (κ3) is 2.26. The van der Waals surface area contributed by atoms with Crippen LogP contribution in [0.5, 0.6) is 0 Å². The molecule has 19 heavy (non-hydrogen) atoms. The molecule has 3 rings (SSSR count). The predicted octanol–water partition coefficient (Wildman–Crippen LogP) is 0.978. The number of β-amino-alcohol motifs (C(OH)–C–C–N with tert-alkyl or cyclic N) is 1. The second-order valence-corrected chi connectivity index (χ2v) is 5.96. The summed E-state index contributed by atoms with van der Waals surface area (Å²) < 4.78 is 0. The molecule has 0 aromatic heterocycles. The molecule has 3 N–H and O–H groups in total. The predicted molar refractivity (Wildman–Crippen MR) is 72.4 cm³/mol. The molecular formula is C15H20N2O2. The minimum Gasteiger partial charge on any atom is -0.386 e. The van der Waals surface area contributed by atoms with Crippen molar-refractivity contribution in [2.45, 2.75) is 31.4 Å². The lowest BCUT2D eigenvalue weighted by molar-refractivity contribution is -0.160. The number of hydrogen-bond donors (Lipinski definition) is 2. The average Bonchev–Trinajstić information content (AvgIpc) is 3.18. The first-order valence-electron chi connectivity index (χ1n) is 6.83. The van der Waals surface area contributed by atoms with Crippen LogP contribution >= 0.6 is 0 Å². The summed E-state index contributed by atoms with van der Waals surface area (Å²) in [6, 6.07) is 7.08. The first kappa shape index (κ1) is 12.6. The average molecular weight is 260 g/mol. The molecule has 1 saturated carbocycles. The van der Waals surface area contributed by atoms with Gasteiger partial charge in [0.05, 0.1) is 13.1 Å². The molecule has 1 aliphatic heterocycles. The van der Waals surface area contributed by atoms with Crippen molar-refractivity contribution in [3.63, 3.8) is 0 Å². The van der Waals surface area contributed by atoms with E-state index in [1.807, 2.05) is 31.2 Å². The number of nitrogens with two attached hydrogens (primary N) is 1. The van der Waals surface area contributed by atoms with E-state index in [4.69, 9.17) is 5.73 Å². The molecule has 102 valence electrons. The van der Waals surface area contributed by atoms with Gasteiger partial charge in [-0.15, -0.1) is 0 Å². The Labute approximate surface area is 113 Å². The molecule has 1 aliphatic carbocycles. The van der Waals surface area contributed by atoms with Crippen LogP contribution in [-0.2, 0) is 4.79 Å². The molecule has 1 aromatic rings. The first-order valence-corrected chi connectivity index (χ1v) is 6.83. The molecule has 1 aromatic carbocycles. The molecule has 1 atom stereocenters. The molecule has 1 amide bonds. The van der Waals surface area contributed by atoms with Crippen LogP contribution in [0.25, 0.3) is 0 Å². The maximum absolute atomic E-state index is 12.2. The molecule has 1 heterocycles. The van der Waals surface area contributed by atoms with Crippen molar-refractivity contribution < 1.29 is 9.90 Å². The van der Waals surface area contributed by atoms with E-state index in [1.165, 1.54) is 0 Å². The van der Waals surface area contributed by atoms with Crippen LogP contribution in [0.4, 0.5) is 0 Å². The largest absolute Gasteiger partial charge is 0.386 e. The van der Waals surface area contributed by atoms with Crippen LogP contribution in [0, 0.1) is 12.8 Å². The summed E-state index contributed by atoms with van der Waals surface area (Å²) in [7, 11) is 0. The molecule has 1 saturated heterocycles. The van der Waals surface area contributed by atoms with Crippen LogP contribution in [0.3, 0.4) is 0 Å². The lowest BCUT2D eigenvalue weighted by atomic mass is 9.87. The Kier molecular flexibility index (Phi) is 2.87. The van der Waals surface area contributed by atoms with Gasteiger partial charge < -0.3 is 15.7 Å². The summed E-state index contributed by atoms with van der Waals surface area (Å²) in [5, 5.41) is 10.2. The van der Waals surface area contributed by atoms with Gasteiger partial charge in [0.1, 0.15) is 11.6 Å². The normalized spacial score (nSPS) is 22.8. The number of carbonyl (C=O) groups is 1. The summed E-state index contributed by atoms with van der Waals surface area (Å²) in [6.45, 7) is 2.88. The maximum atomic E-state index is 12.2. The van der Waals surface area contributed by atoms with Crippen molar-refractivity contribution >= 4 is 5.91 Å². The molecule has 2 aliphatic rings. The van der Waals surface area contributed by atoms with E-state index < -0.39 is 11.6 Å². The third-order valence-corrected chi connectivity index (χ3v) is 4.28. The summed E-state index contributed by atoms with van der Waals surface area (Å²) in [5.41, 5.74) is 7.35. The van der Waals surface area contributed by atoms with E-state index >= 15 is 0 Å². The highest BCUT2D eigenvalue weighted by molar-refractivity contribution is 5.84. The Bertz CT molecular complexity index is 487. The van der Waals surface area contributed by atoms with Gasteiger partial charge in [-0.25, -0.2) is 0 Å². The molecular weight excluding hydrogens is 240 g/mol. The van der Waals surface area contributed by atoms with Crippen molar-refractivity contribution in [1.82, 2.24) is 4.90 Å². The van der Waals surface area contributed by atoms with Crippen molar-refractivity contribution in [2.75, 3.05) is 13.1 Å². The van der Waals surface area contributed by atoms with Crippen LogP contribution in [0.2, 0.25) is 0 Å². The Morgan fingerprint density at radius 3 is 2.47 bits per heavy atom. The number of aliphatic hydroxyl groups is 1. The summed E-state index contributed by atoms with van der Waals surface area (Å²) in [6.07, 6.45) is 2.17. The summed E-state index contributed by atoms with van der Waals surface area (Å²) in [5.74, 6) is 0.307. The lowest BCUT2D eigenvalue weighted by Crippen LogP contribution is -2.65. The van der Waals surface area contributed by atoms with Crippen molar-refractivity contribution in [1.29, 1.82) is 0 Å². The number of likely N-dealkylation sites (tertiary alicyclic amines) is 1. The van der Waals surface area contributed by atoms with Gasteiger partial charge in [0, 0.05) is 0 Å². The zero-order valence-electron chi connectivity index (χ0n) is 11.2. The molecule has 0 radical (unpaired) electrons. The van der Waals surface area contributed by atoms with Gasteiger partial charge >= 0.3 is 0 Å². The van der Waals surface area contributed by atoms with Crippen molar-refractivity contribution in [2.24, 2.45) is 11.7 Å². The number of benzene rings is 1. The standard InChI is InChI=1S/C15H20N2O2/c1-10-2-4-11(5-3-10)13(16)14(18)17-8-15(19,9-17)12-6-7-12/h2-5,12-13,19H,6-9,16H2,1H3. The number of carbonyl (C=O) groups excluding carboxylic acids is 1. The van der Waals surface area contributed by atoms with Crippen LogP contribution in [-0.4, -0.2) is 34.6 Å². The van der Waals surface area contributed by atoms with Gasteiger partial charge in [-0.2, -0.15) is 0 Å². The van der Waals surface area contributed by atoms with Crippen LogP contribution < -0.4 is 5.73 Å². The van der Waals surface area contributed by atoms with E-state index in [1.54, 1.807) is 4.90 Å². The third-order valence-electron chi connectivity index (χ3n) is 4.28. The minimum absolute atomic E-state index is 0.0887. The fourth-order valence-corrected chi connectivity index (χ4v) is 2.76. The smallest absolute Gasteiger partial charge is 0.244 e. The van der Waals surface area contributed by atoms with Gasteiger partial charge in [-0.1, -0.05) is 29.8 Å². The Morgan fingerprint density at radius 1 is 1.37 bits per heavy atom. The molecule has 1 unspecified atom stereocenters. The van der Waals surface area contributed by atoms with E-state index in [9.17, 15) is 9.90 Å². The number of amides is 1. The van der Waals surface area contributed by atoms with Crippen molar-refractivity contribution in [3.05, 3.63) is 35.4 Å². The fourth-order valence-electron chi connectivity index (χ4n) is 2.76. The molecule has 4 heteroatoms. The summed E-state index contributed by atoms with van der Waals surface area (Å²) >= 11 is 0. The number of hydrogen-bond acceptors (Lipinski definition) is 3. The zero-order chi connectivity index (χ0) is 13.6. The van der Waals surface area contributed by atoms with Crippen LogP contribution in [0.15, 0.2) is 24.3 Å². The fraction of sp³-hybridized carbons (Fsp3) is 0.533. The van der Waals surface area contributed by atoms with Gasteiger partial charge in [0.2, 0.25) is 5.91 Å². The quantitative estimate of drug-likeness (QED) is 0.851. The number of rotatable bonds is 3. The van der Waals surface area contributed by atoms with Gasteiger partial charge in [-0.3, -0.25) is 4.79 Å². The SMILES string of the molecule is Cc1ccc(C(N)C(=O)N2CC(O)(C3CC3)C2)cc1. The summed E-state index contributed by atoms with van der Waals surface area (Å²) in [4.78, 5) is 13.9. The molecule has 0 bridgehead atoms. The topological polar surface area (TPSA) is 66.6 Å². The van der Waals surface area contributed by atoms with Gasteiger partial charge in [0.15, 0.2) is 0 Å². The first-order chi connectivity index (χ1) is 8.99. The monoisotopic (exact) mass is 260 g/mol. The Morgan fingerprint density at radius 2 is 1.95 bits per heavy atom. The second-order valence-electron chi connectivity index (χ2n) is 5.96. The zero-order valence-corrected chi connectivity index (χ0v) is 11.2. The van der Waals surface area contributed by atoms with Crippen molar-refractivity contribution in [3.8, 4) is 0 Å². The molecule has 4 nitrogen and oxygen atoms in total. The Hall–Kier alpha value is -1.39. The minimum atomic E-state index is -0.636. The lowest BCUT2D eigenvalue weighted by Gasteiger charge is -2.47. The Balaban J connectivity index is 1.63. The van der Waals surface area contributed by atoms with E-state index in [2.05, 4.69) is 0 Å². The van der Waals surface area contributed by atoms with Gasteiger partial charge in [0.25, 0.3) is 0 Å². The van der Waals surface area contributed by atoms with E-state index in [0.29, 0.717) is 19.0 Å². The van der Waals surface area contributed by atoms with E-state index in [-0.39, 0.29) is 5.91 Å². The highest BCUT2D eigenvalue weighted by atomic mass is 16.3. The van der Waals surface area contributed by atoms with Crippen LogP contribution in [0.1, 0.15) is 30.0 Å². The maximum Gasteiger partial charge on any atom is 0.244 e. The number of nitrogens with zero attached hydrogens (tertiary/aromatic N) is 1. The highest BCUT2D eigenvalue weighted by Crippen LogP contribution is 2.44.